The maximum Gasteiger partial charge on any atom is 0.330 e. The molecule has 0 saturated carbocycles. The normalized spacial score (nSPS) is 13.6. The Morgan fingerprint density at radius 3 is 2.26 bits per heavy atom. The molecule has 0 bridgehead atoms. The van der Waals surface area contributed by atoms with E-state index < -0.39 is 16.1 Å². The fourth-order valence-corrected chi connectivity index (χ4v) is 3.73. The van der Waals surface area contributed by atoms with Gasteiger partial charge in [0.15, 0.2) is 0 Å². The summed E-state index contributed by atoms with van der Waals surface area (Å²) in [5, 5.41) is 0. The van der Waals surface area contributed by atoms with Gasteiger partial charge >= 0.3 is 5.97 Å². The molecule has 136 valence electrons. The van der Waals surface area contributed by atoms with Gasteiger partial charge in [0.25, 0.3) is 10.1 Å². The average molecular weight is 351 g/mol. The van der Waals surface area contributed by atoms with Crippen LogP contribution in [0.15, 0.2) is 12.7 Å². The van der Waals surface area contributed by atoms with Crippen LogP contribution in [0.1, 0.15) is 46.5 Å². The standard InChI is InChI=1S/C16H31NO5S/c1-5-10-17(11-6-2,12-8-13-22-16(18)7-3)15(4)9-14-23(19,20)21/h7,15H,3,5-6,8-14H2,1-2,4H3/p+1. The maximum atomic E-state index is 11.1. The third-order valence-corrected chi connectivity index (χ3v) is 4.98. The van der Waals surface area contributed by atoms with Crippen molar-refractivity contribution in [2.75, 3.05) is 32.0 Å². The van der Waals surface area contributed by atoms with Gasteiger partial charge in [-0.15, -0.1) is 0 Å². The summed E-state index contributed by atoms with van der Waals surface area (Å²) in [6, 6.07) is 0.118. The summed E-state index contributed by atoms with van der Waals surface area (Å²) < 4.78 is 36.9. The summed E-state index contributed by atoms with van der Waals surface area (Å²) in [5.74, 6) is -0.638. The van der Waals surface area contributed by atoms with E-state index in [0.717, 1.165) is 49.5 Å². The second-order valence-electron chi connectivity index (χ2n) is 6.04. The molecular formula is C16H32NO5S+. The molecule has 23 heavy (non-hydrogen) atoms. The number of carbonyl (C=O) groups excluding carboxylic acids is 1. The van der Waals surface area contributed by atoms with Gasteiger partial charge in [0, 0.05) is 18.9 Å². The predicted molar refractivity (Wildman–Crippen MR) is 91.7 cm³/mol. The second kappa shape index (κ2) is 10.8. The Bertz CT molecular complexity index is 455. The molecule has 7 heteroatoms. The van der Waals surface area contributed by atoms with Crippen molar-refractivity contribution in [1.29, 1.82) is 0 Å². The van der Waals surface area contributed by atoms with Crippen LogP contribution in [0.5, 0.6) is 0 Å². The van der Waals surface area contributed by atoms with E-state index in [1.807, 2.05) is 6.92 Å². The second-order valence-corrected chi connectivity index (χ2v) is 7.61. The van der Waals surface area contributed by atoms with Crippen LogP contribution >= 0.6 is 0 Å². The molecular weight excluding hydrogens is 318 g/mol. The van der Waals surface area contributed by atoms with E-state index in [9.17, 15) is 13.2 Å². The molecule has 0 aromatic heterocycles. The molecule has 0 aliphatic heterocycles. The molecule has 0 heterocycles. The minimum absolute atomic E-state index is 0.118. The van der Waals surface area contributed by atoms with E-state index in [4.69, 9.17) is 9.29 Å². The third-order valence-electron chi connectivity index (χ3n) is 4.23. The van der Waals surface area contributed by atoms with Gasteiger partial charge in [-0.05, 0) is 19.8 Å². The highest BCUT2D eigenvalue weighted by Gasteiger charge is 2.32. The molecule has 0 amide bonds. The fourth-order valence-electron chi connectivity index (χ4n) is 3.09. The highest BCUT2D eigenvalue weighted by molar-refractivity contribution is 7.85. The SMILES string of the molecule is C=CC(=O)OCCC[N+](CCC)(CCC)C(C)CCS(=O)(=O)O. The van der Waals surface area contributed by atoms with Crippen molar-refractivity contribution in [2.45, 2.75) is 52.5 Å². The van der Waals surface area contributed by atoms with Crippen molar-refractivity contribution in [2.24, 2.45) is 0 Å². The quantitative estimate of drug-likeness (QED) is 0.181. The summed E-state index contributed by atoms with van der Waals surface area (Å²) in [6.45, 7) is 12.6. The lowest BCUT2D eigenvalue weighted by Crippen LogP contribution is -2.56. The molecule has 1 unspecified atom stereocenters. The Hall–Kier alpha value is -0.920. The van der Waals surface area contributed by atoms with Crippen molar-refractivity contribution in [3.63, 3.8) is 0 Å². The van der Waals surface area contributed by atoms with Crippen LogP contribution in [0.4, 0.5) is 0 Å². The van der Waals surface area contributed by atoms with Crippen LogP contribution in [0.3, 0.4) is 0 Å². The monoisotopic (exact) mass is 350 g/mol. The molecule has 0 spiro atoms. The zero-order valence-electron chi connectivity index (χ0n) is 14.7. The van der Waals surface area contributed by atoms with Crippen LogP contribution in [-0.2, 0) is 19.6 Å². The Balaban J connectivity index is 4.84. The number of hydrogen-bond acceptors (Lipinski definition) is 4. The lowest BCUT2D eigenvalue weighted by atomic mass is 10.1. The van der Waals surface area contributed by atoms with E-state index in [1.165, 1.54) is 0 Å². The van der Waals surface area contributed by atoms with Gasteiger partial charge in [0.1, 0.15) is 0 Å². The van der Waals surface area contributed by atoms with Crippen molar-refractivity contribution >= 4 is 16.1 Å². The van der Waals surface area contributed by atoms with Gasteiger partial charge in [-0.2, -0.15) is 8.42 Å². The fraction of sp³-hybridized carbons (Fsp3) is 0.812. The lowest BCUT2D eigenvalue weighted by molar-refractivity contribution is -0.950. The van der Waals surface area contributed by atoms with E-state index in [2.05, 4.69) is 20.4 Å². The molecule has 1 atom stereocenters. The molecule has 0 fully saturated rings. The zero-order valence-corrected chi connectivity index (χ0v) is 15.5. The first-order valence-electron chi connectivity index (χ1n) is 8.31. The smallest absolute Gasteiger partial charge is 0.330 e. The summed E-state index contributed by atoms with van der Waals surface area (Å²) in [6.07, 6.45) is 4.27. The number of carbonyl (C=O) groups is 1. The molecule has 1 N–H and O–H groups in total. The predicted octanol–water partition coefficient (Wildman–Crippen LogP) is 2.41. The van der Waals surface area contributed by atoms with E-state index >= 15 is 0 Å². The van der Waals surface area contributed by atoms with E-state index in [0.29, 0.717) is 13.0 Å². The van der Waals surface area contributed by atoms with Crippen molar-refractivity contribution < 1.29 is 27.0 Å². The van der Waals surface area contributed by atoms with Crippen LogP contribution in [0.2, 0.25) is 0 Å². The molecule has 0 saturated heterocycles. The van der Waals surface area contributed by atoms with Gasteiger partial charge in [0.2, 0.25) is 0 Å². The lowest BCUT2D eigenvalue weighted by Gasteiger charge is -2.44. The zero-order chi connectivity index (χ0) is 17.9. The Kier molecular flexibility index (Phi) is 10.3. The molecule has 0 rings (SSSR count). The Morgan fingerprint density at radius 2 is 1.83 bits per heavy atom. The highest BCUT2D eigenvalue weighted by atomic mass is 32.2. The number of hydrogen-bond donors (Lipinski definition) is 1. The highest BCUT2D eigenvalue weighted by Crippen LogP contribution is 2.20. The van der Waals surface area contributed by atoms with Crippen molar-refractivity contribution in [3.05, 3.63) is 12.7 Å². The molecule has 0 aliphatic carbocycles. The summed E-state index contributed by atoms with van der Waals surface area (Å²) in [4.78, 5) is 11.1. The Labute approximate surface area is 140 Å². The average Bonchev–Trinajstić information content (AvgIpc) is 2.48. The first-order valence-corrected chi connectivity index (χ1v) is 9.91. The van der Waals surface area contributed by atoms with Crippen LogP contribution in [-0.4, -0.2) is 61.5 Å². The number of quaternary nitrogens is 1. The summed E-state index contributed by atoms with van der Waals surface area (Å²) >= 11 is 0. The van der Waals surface area contributed by atoms with Crippen LogP contribution < -0.4 is 0 Å². The van der Waals surface area contributed by atoms with Gasteiger partial charge in [-0.1, -0.05) is 20.4 Å². The number of esters is 1. The molecule has 0 aromatic rings. The molecule has 0 radical (unpaired) electrons. The molecule has 0 aliphatic rings. The number of rotatable bonds is 13. The first kappa shape index (κ1) is 22.1. The van der Waals surface area contributed by atoms with Crippen LogP contribution in [0.25, 0.3) is 0 Å². The molecule has 0 aromatic carbocycles. The molecule has 6 nitrogen and oxygen atoms in total. The van der Waals surface area contributed by atoms with Crippen LogP contribution in [0, 0.1) is 0 Å². The Morgan fingerprint density at radius 1 is 1.26 bits per heavy atom. The van der Waals surface area contributed by atoms with Crippen molar-refractivity contribution in [1.82, 2.24) is 0 Å². The summed E-state index contributed by atoms with van der Waals surface area (Å²) in [7, 11) is -3.94. The number of ether oxygens (including phenoxy) is 1. The van der Waals surface area contributed by atoms with Gasteiger partial charge in [0.05, 0.1) is 38.0 Å². The van der Waals surface area contributed by atoms with E-state index in [1.54, 1.807) is 0 Å². The summed E-state index contributed by atoms with van der Waals surface area (Å²) in [5.41, 5.74) is 0. The van der Waals surface area contributed by atoms with Crippen molar-refractivity contribution in [3.8, 4) is 0 Å². The minimum atomic E-state index is -3.94. The van der Waals surface area contributed by atoms with Gasteiger partial charge < -0.3 is 9.22 Å². The third kappa shape index (κ3) is 9.07. The van der Waals surface area contributed by atoms with Gasteiger partial charge in [-0.3, -0.25) is 4.55 Å². The number of nitrogens with zero attached hydrogens (tertiary/aromatic N) is 1. The van der Waals surface area contributed by atoms with Gasteiger partial charge in [-0.25, -0.2) is 4.79 Å². The largest absolute Gasteiger partial charge is 0.462 e. The topological polar surface area (TPSA) is 80.7 Å². The first-order chi connectivity index (χ1) is 10.7. The maximum absolute atomic E-state index is 11.1. The van der Waals surface area contributed by atoms with E-state index in [-0.39, 0.29) is 11.8 Å². The minimum Gasteiger partial charge on any atom is -0.462 e.